The predicted molar refractivity (Wildman–Crippen MR) is 79.4 cm³/mol. The molecule has 0 aromatic rings. The van der Waals surface area contributed by atoms with Gasteiger partial charge in [0.25, 0.3) is 0 Å². The maximum atomic E-state index is 6.15. The lowest BCUT2D eigenvalue weighted by molar-refractivity contribution is 0.00940. The van der Waals surface area contributed by atoms with E-state index in [1.54, 1.807) is 0 Å². The Kier molecular flexibility index (Phi) is 7.91. The van der Waals surface area contributed by atoms with Crippen LogP contribution in [0.4, 0.5) is 0 Å². The molecule has 1 aliphatic rings. The topological polar surface area (TPSA) is 47.7 Å². The van der Waals surface area contributed by atoms with Gasteiger partial charge in [0.05, 0.1) is 13.2 Å². The van der Waals surface area contributed by atoms with Gasteiger partial charge < -0.3 is 15.2 Å². The molecule has 114 valence electrons. The number of ether oxygens (including phenoxy) is 2. The molecule has 0 radical (unpaired) electrons. The van der Waals surface area contributed by atoms with Gasteiger partial charge in [-0.25, -0.2) is 0 Å². The first kappa shape index (κ1) is 16.9. The zero-order valence-electron chi connectivity index (χ0n) is 13.0. The van der Waals surface area contributed by atoms with Crippen LogP contribution >= 0.6 is 0 Å². The molecule has 0 aliphatic heterocycles. The average molecular weight is 272 g/mol. The molecular weight excluding hydrogens is 240 g/mol. The second-order valence-corrected chi connectivity index (χ2v) is 5.32. The van der Waals surface area contributed by atoms with E-state index in [9.17, 15) is 0 Å². The average Bonchev–Trinajstić information content (AvgIpc) is 3.25. The van der Waals surface area contributed by atoms with Crippen molar-refractivity contribution in [3.8, 4) is 0 Å². The van der Waals surface area contributed by atoms with Crippen LogP contribution in [0.1, 0.15) is 40.0 Å². The van der Waals surface area contributed by atoms with Crippen molar-refractivity contribution in [2.75, 3.05) is 46.1 Å². The Morgan fingerprint density at radius 2 is 1.58 bits per heavy atom. The summed E-state index contributed by atoms with van der Waals surface area (Å²) >= 11 is 0. The lowest BCUT2D eigenvalue weighted by atomic mass is 9.87. The zero-order chi connectivity index (χ0) is 14.1. The second kappa shape index (κ2) is 8.90. The van der Waals surface area contributed by atoms with E-state index in [2.05, 4.69) is 11.8 Å². The Morgan fingerprint density at radius 1 is 1.05 bits per heavy atom. The number of rotatable bonds is 12. The fraction of sp³-hybridized carbons (Fsp3) is 1.00. The molecule has 1 saturated carbocycles. The Morgan fingerprint density at radius 3 is 1.89 bits per heavy atom. The van der Waals surface area contributed by atoms with Gasteiger partial charge in [0.1, 0.15) is 0 Å². The van der Waals surface area contributed by atoms with Gasteiger partial charge in [-0.3, -0.25) is 4.90 Å². The SMILES string of the molecule is CCOCCN(CCOCC)C(CC)(CN)C1CC1. The molecule has 1 unspecified atom stereocenters. The molecular formula is C15H32N2O2. The van der Waals surface area contributed by atoms with Crippen LogP contribution in [-0.4, -0.2) is 56.5 Å². The molecule has 1 atom stereocenters. The Labute approximate surface area is 118 Å². The summed E-state index contributed by atoms with van der Waals surface area (Å²) in [4.78, 5) is 2.52. The van der Waals surface area contributed by atoms with Gasteiger partial charge in [0.15, 0.2) is 0 Å². The van der Waals surface area contributed by atoms with Crippen molar-refractivity contribution >= 4 is 0 Å². The molecule has 0 heterocycles. The van der Waals surface area contributed by atoms with E-state index in [0.29, 0.717) is 0 Å². The Bertz CT molecular complexity index is 218. The molecule has 0 aromatic carbocycles. The van der Waals surface area contributed by atoms with E-state index >= 15 is 0 Å². The first-order valence-corrected chi connectivity index (χ1v) is 7.85. The van der Waals surface area contributed by atoms with Crippen LogP contribution in [-0.2, 0) is 9.47 Å². The predicted octanol–water partition coefficient (Wildman–Crippen LogP) is 1.88. The number of hydrogen-bond acceptors (Lipinski definition) is 4. The lowest BCUT2D eigenvalue weighted by Crippen LogP contribution is -2.57. The monoisotopic (exact) mass is 272 g/mol. The van der Waals surface area contributed by atoms with Crippen LogP contribution < -0.4 is 5.73 Å². The highest BCUT2D eigenvalue weighted by Gasteiger charge is 2.46. The van der Waals surface area contributed by atoms with E-state index in [1.165, 1.54) is 12.8 Å². The minimum atomic E-state index is 0.161. The van der Waals surface area contributed by atoms with Crippen molar-refractivity contribution < 1.29 is 9.47 Å². The Balaban J connectivity index is 2.61. The van der Waals surface area contributed by atoms with E-state index in [0.717, 1.165) is 58.4 Å². The van der Waals surface area contributed by atoms with E-state index in [4.69, 9.17) is 15.2 Å². The molecule has 1 aliphatic carbocycles. The summed E-state index contributed by atoms with van der Waals surface area (Å²) in [5.74, 6) is 0.769. The fourth-order valence-corrected chi connectivity index (χ4v) is 3.03. The van der Waals surface area contributed by atoms with Crippen molar-refractivity contribution in [1.82, 2.24) is 4.90 Å². The minimum absolute atomic E-state index is 0.161. The van der Waals surface area contributed by atoms with E-state index < -0.39 is 0 Å². The molecule has 4 nitrogen and oxygen atoms in total. The van der Waals surface area contributed by atoms with Gasteiger partial charge >= 0.3 is 0 Å². The van der Waals surface area contributed by atoms with Crippen molar-refractivity contribution in [1.29, 1.82) is 0 Å². The zero-order valence-corrected chi connectivity index (χ0v) is 13.0. The maximum Gasteiger partial charge on any atom is 0.0593 e. The van der Waals surface area contributed by atoms with E-state index in [-0.39, 0.29) is 5.54 Å². The van der Waals surface area contributed by atoms with Crippen LogP contribution in [0, 0.1) is 5.92 Å². The third-order valence-electron chi connectivity index (χ3n) is 4.35. The van der Waals surface area contributed by atoms with Crippen LogP contribution in [0.3, 0.4) is 0 Å². The standard InChI is InChI=1S/C15H32N2O2/c1-4-15(13-16,14-7-8-14)17(9-11-18-5-2)10-12-19-6-3/h14H,4-13,16H2,1-3H3. The third kappa shape index (κ3) is 4.71. The minimum Gasteiger partial charge on any atom is -0.380 e. The molecule has 0 aromatic heterocycles. The van der Waals surface area contributed by atoms with Gasteiger partial charge in [0.2, 0.25) is 0 Å². The number of nitrogens with two attached hydrogens (primary N) is 1. The van der Waals surface area contributed by atoms with Crippen molar-refractivity contribution in [2.45, 2.75) is 45.6 Å². The summed E-state index contributed by atoms with van der Waals surface area (Å²) in [7, 11) is 0. The van der Waals surface area contributed by atoms with Crippen LogP contribution in [0.2, 0.25) is 0 Å². The van der Waals surface area contributed by atoms with Crippen LogP contribution in [0.25, 0.3) is 0 Å². The summed E-state index contributed by atoms with van der Waals surface area (Å²) in [6.07, 6.45) is 3.77. The molecule has 4 heteroatoms. The number of hydrogen-bond donors (Lipinski definition) is 1. The van der Waals surface area contributed by atoms with Gasteiger partial charge in [-0.1, -0.05) is 6.92 Å². The van der Waals surface area contributed by atoms with Crippen molar-refractivity contribution in [3.05, 3.63) is 0 Å². The van der Waals surface area contributed by atoms with Crippen LogP contribution in [0.5, 0.6) is 0 Å². The highest BCUT2D eigenvalue weighted by Crippen LogP contribution is 2.44. The molecule has 19 heavy (non-hydrogen) atoms. The molecule has 2 N–H and O–H groups in total. The van der Waals surface area contributed by atoms with Gasteiger partial charge in [0, 0.05) is 38.4 Å². The summed E-state index contributed by atoms with van der Waals surface area (Å²) in [6.45, 7) is 12.2. The Hall–Kier alpha value is -0.160. The fourth-order valence-electron chi connectivity index (χ4n) is 3.03. The molecule has 1 rings (SSSR count). The summed E-state index contributed by atoms with van der Waals surface area (Å²) in [6, 6.07) is 0. The summed E-state index contributed by atoms with van der Waals surface area (Å²) in [5.41, 5.74) is 6.31. The molecule has 1 fully saturated rings. The smallest absolute Gasteiger partial charge is 0.0593 e. The highest BCUT2D eigenvalue weighted by atomic mass is 16.5. The molecule has 0 bridgehead atoms. The van der Waals surface area contributed by atoms with Crippen molar-refractivity contribution in [2.24, 2.45) is 11.7 Å². The third-order valence-corrected chi connectivity index (χ3v) is 4.35. The first-order valence-electron chi connectivity index (χ1n) is 7.85. The van der Waals surface area contributed by atoms with Crippen molar-refractivity contribution in [3.63, 3.8) is 0 Å². The largest absolute Gasteiger partial charge is 0.380 e. The first-order chi connectivity index (χ1) is 9.25. The molecule has 0 saturated heterocycles. The van der Waals surface area contributed by atoms with Gasteiger partial charge in [-0.05, 0) is 39.0 Å². The summed E-state index contributed by atoms with van der Waals surface area (Å²) < 4.78 is 11.1. The summed E-state index contributed by atoms with van der Waals surface area (Å²) in [5, 5.41) is 0. The van der Waals surface area contributed by atoms with Gasteiger partial charge in [-0.2, -0.15) is 0 Å². The van der Waals surface area contributed by atoms with Crippen LogP contribution in [0.15, 0.2) is 0 Å². The molecule has 0 amide bonds. The quantitative estimate of drug-likeness (QED) is 0.551. The lowest BCUT2D eigenvalue weighted by Gasteiger charge is -2.43. The normalized spacial score (nSPS) is 18.8. The second-order valence-electron chi connectivity index (χ2n) is 5.32. The maximum absolute atomic E-state index is 6.15. The number of nitrogens with zero attached hydrogens (tertiary/aromatic N) is 1. The molecule has 0 spiro atoms. The van der Waals surface area contributed by atoms with E-state index in [1.807, 2.05) is 13.8 Å². The highest BCUT2D eigenvalue weighted by molar-refractivity contribution is 5.02. The van der Waals surface area contributed by atoms with Gasteiger partial charge in [-0.15, -0.1) is 0 Å².